The van der Waals surface area contributed by atoms with Crippen molar-refractivity contribution in [3.8, 4) is 5.75 Å². The molecule has 0 aliphatic heterocycles. The second-order valence-corrected chi connectivity index (χ2v) is 6.44. The quantitative estimate of drug-likeness (QED) is 0.298. The highest BCUT2D eigenvalue weighted by Crippen LogP contribution is 2.18. The Balaban J connectivity index is 1.68. The van der Waals surface area contributed by atoms with E-state index in [-0.39, 0.29) is 5.91 Å². The lowest BCUT2D eigenvalue weighted by atomic mass is 10.1. The largest absolute Gasteiger partial charge is 0.422 e. The highest BCUT2D eigenvalue weighted by molar-refractivity contribution is 6.30. The molecule has 1 N–H and O–H groups in total. The zero-order valence-electron chi connectivity index (χ0n) is 15.1. The van der Waals surface area contributed by atoms with E-state index in [0.29, 0.717) is 27.5 Å². The number of para-hydroxylation sites is 1. The Bertz CT molecular complexity index is 1010. The van der Waals surface area contributed by atoms with Gasteiger partial charge in [-0.25, -0.2) is 10.2 Å². The van der Waals surface area contributed by atoms with Gasteiger partial charge in [0.05, 0.1) is 11.8 Å². The molecule has 1 amide bonds. The Hall–Kier alpha value is -3.44. The molecule has 6 heteroatoms. The van der Waals surface area contributed by atoms with E-state index in [2.05, 4.69) is 10.5 Å². The van der Waals surface area contributed by atoms with Gasteiger partial charge >= 0.3 is 5.97 Å². The van der Waals surface area contributed by atoms with Crippen LogP contribution in [0.25, 0.3) is 0 Å². The highest BCUT2D eigenvalue weighted by Gasteiger charge is 2.11. The van der Waals surface area contributed by atoms with Gasteiger partial charge in [0.15, 0.2) is 0 Å². The van der Waals surface area contributed by atoms with Crippen molar-refractivity contribution < 1.29 is 14.3 Å². The number of carbonyl (C=O) groups is 2. The summed E-state index contributed by atoms with van der Waals surface area (Å²) in [7, 11) is 0. The molecule has 3 aromatic carbocycles. The molecular formula is C22H17ClN2O3. The number of carbonyl (C=O) groups excluding carboxylic acids is 2. The third kappa shape index (κ3) is 5.05. The second-order valence-electron chi connectivity index (χ2n) is 6.00. The number of aryl methyl sites for hydroxylation is 1. The molecule has 0 heterocycles. The third-order valence-electron chi connectivity index (χ3n) is 3.89. The molecular weight excluding hydrogens is 376 g/mol. The highest BCUT2D eigenvalue weighted by atomic mass is 35.5. The first-order valence-electron chi connectivity index (χ1n) is 8.50. The molecule has 0 aromatic heterocycles. The molecule has 3 aromatic rings. The molecule has 3 rings (SSSR count). The summed E-state index contributed by atoms with van der Waals surface area (Å²) in [6.45, 7) is 1.95. The van der Waals surface area contributed by atoms with Gasteiger partial charge < -0.3 is 4.74 Å². The van der Waals surface area contributed by atoms with E-state index in [4.69, 9.17) is 16.3 Å². The van der Waals surface area contributed by atoms with E-state index in [1.165, 1.54) is 6.21 Å². The van der Waals surface area contributed by atoms with Crippen molar-refractivity contribution in [1.82, 2.24) is 5.43 Å². The first kappa shape index (κ1) is 19.3. The van der Waals surface area contributed by atoms with Crippen LogP contribution in [0.15, 0.2) is 77.9 Å². The lowest BCUT2D eigenvalue weighted by Crippen LogP contribution is -2.17. The second kappa shape index (κ2) is 8.97. The molecule has 0 fully saturated rings. The Kier molecular flexibility index (Phi) is 6.19. The molecule has 0 spiro atoms. The normalized spacial score (nSPS) is 10.6. The summed E-state index contributed by atoms with van der Waals surface area (Å²) >= 11 is 5.83. The number of halogens is 1. The minimum atomic E-state index is -0.513. The SMILES string of the molecule is Cc1ccc(C(=O)N/N=C\c2ccccc2OC(=O)c2ccc(Cl)cc2)cc1. The van der Waals surface area contributed by atoms with E-state index in [1.807, 2.05) is 19.1 Å². The number of amides is 1. The fourth-order valence-electron chi connectivity index (χ4n) is 2.35. The van der Waals surface area contributed by atoms with E-state index < -0.39 is 5.97 Å². The van der Waals surface area contributed by atoms with Gasteiger partial charge in [0, 0.05) is 16.1 Å². The van der Waals surface area contributed by atoms with Gasteiger partial charge in [0.2, 0.25) is 0 Å². The van der Waals surface area contributed by atoms with Crippen molar-refractivity contribution in [1.29, 1.82) is 0 Å². The molecule has 140 valence electrons. The van der Waals surface area contributed by atoms with Gasteiger partial charge in [0.1, 0.15) is 5.75 Å². The standard InChI is InChI=1S/C22H17ClN2O3/c1-15-6-8-16(9-7-15)21(26)25-24-14-18-4-2-3-5-20(18)28-22(27)17-10-12-19(23)13-11-17/h2-14H,1H3,(H,25,26)/b24-14-. The van der Waals surface area contributed by atoms with Gasteiger partial charge in [-0.2, -0.15) is 5.10 Å². The summed E-state index contributed by atoms with van der Waals surface area (Å²) in [5.41, 5.74) is 4.96. The summed E-state index contributed by atoms with van der Waals surface area (Å²) in [4.78, 5) is 24.4. The van der Waals surface area contributed by atoms with Crippen LogP contribution in [0.1, 0.15) is 31.8 Å². The molecule has 0 saturated carbocycles. The van der Waals surface area contributed by atoms with Crippen LogP contribution in [0.2, 0.25) is 5.02 Å². The van der Waals surface area contributed by atoms with Crippen molar-refractivity contribution >= 4 is 29.7 Å². The number of hydrogen-bond donors (Lipinski definition) is 1. The minimum absolute atomic E-state index is 0.327. The van der Waals surface area contributed by atoms with Gasteiger partial charge in [0.25, 0.3) is 5.91 Å². The fraction of sp³-hybridized carbons (Fsp3) is 0.0455. The first-order chi connectivity index (χ1) is 13.5. The zero-order chi connectivity index (χ0) is 19.9. The van der Waals surface area contributed by atoms with Gasteiger partial charge in [-0.3, -0.25) is 4.79 Å². The summed E-state index contributed by atoms with van der Waals surface area (Å²) in [6.07, 6.45) is 1.43. The topological polar surface area (TPSA) is 67.8 Å². The average Bonchev–Trinajstić information content (AvgIpc) is 2.70. The van der Waals surface area contributed by atoms with E-state index >= 15 is 0 Å². The van der Waals surface area contributed by atoms with Gasteiger partial charge in [-0.1, -0.05) is 41.4 Å². The molecule has 0 atom stereocenters. The lowest BCUT2D eigenvalue weighted by molar-refractivity contribution is 0.0734. The number of benzene rings is 3. The van der Waals surface area contributed by atoms with Gasteiger partial charge in [-0.05, 0) is 55.5 Å². The van der Waals surface area contributed by atoms with Crippen molar-refractivity contribution in [2.24, 2.45) is 5.10 Å². The van der Waals surface area contributed by atoms with E-state index in [0.717, 1.165) is 5.56 Å². The molecule has 0 aliphatic carbocycles. The van der Waals surface area contributed by atoms with Crippen molar-refractivity contribution in [3.05, 3.63) is 100 Å². The molecule has 28 heavy (non-hydrogen) atoms. The predicted octanol–water partition coefficient (Wildman–Crippen LogP) is 4.63. The molecule has 0 bridgehead atoms. The summed E-state index contributed by atoms with van der Waals surface area (Å²) in [5.74, 6) is -0.510. The summed E-state index contributed by atoms with van der Waals surface area (Å²) in [5, 5.41) is 4.49. The smallest absolute Gasteiger partial charge is 0.343 e. The Morgan fingerprint density at radius 3 is 2.29 bits per heavy atom. The number of ether oxygens (including phenoxy) is 1. The zero-order valence-corrected chi connectivity index (χ0v) is 15.8. The summed E-state index contributed by atoms with van der Waals surface area (Å²) < 4.78 is 5.44. The van der Waals surface area contributed by atoms with Gasteiger partial charge in [-0.15, -0.1) is 0 Å². The van der Waals surface area contributed by atoms with E-state index in [9.17, 15) is 9.59 Å². The van der Waals surface area contributed by atoms with Crippen LogP contribution in [0.5, 0.6) is 5.75 Å². The molecule has 0 unspecified atom stereocenters. The first-order valence-corrected chi connectivity index (χ1v) is 8.87. The fourth-order valence-corrected chi connectivity index (χ4v) is 2.48. The third-order valence-corrected chi connectivity index (χ3v) is 4.14. The number of nitrogens with zero attached hydrogens (tertiary/aromatic N) is 1. The monoisotopic (exact) mass is 392 g/mol. The molecule has 0 radical (unpaired) electrons. The summed E-state index contributed by atoms with van der Waals surface area (Å²) in [6, 6.07) is 20.5. The Labute approximate surface area is 167 Å². The number of hydrogen-bond acceptors (Lipinski definition) is 4. The number of rotatable bonds is 5. The van der Waals surface area contributed by atoms with Crippen molar-refractivity contribution in [2.45, 2.75) is 6.92 Å². The van der Waals surface area contributed by atoms with Crippen LogP contribution in [0.3, 0.4) is 0 Å². The van der Waals surface area contributed by atoms with E-state index in [1.54, 1.807) is 60.7 Å². The Morgan fingerprint density at radius 2 is 1.57 bits per heavy atom. The maximum Gasteiger partial charge on any atom is 0.343 e. The van der Waals surface area contributed by atoms with Crippen LogP contribution in [-0.2, 0) is 0 Å². The van der Waals surface area contributed by atoms with Crippen LogP contribution in [0.4, 0.5) is 0 Å². The van der Waals surface area contributed by atoms with Crippen LogP contribution < -0.4 is 10.2 Å². The number of nitrogens with one attached hydrogen (secondary N) is 1. The number of hydrazone groups is 1. The maximum atomic E-state index is 12.3. The van der Waals surface area contributed by atoms with Crippen LogP contribution in [0, 0.1) is 6.92 Å². The molecule has 0 saturated heterocycles. The van der Waals surface area contributed by atoms with Crippen molar-refractivity contribution in [3.63, 3.8) is 0 Å². The Morgan fingerprint density at radius 1 is 0.929 bits per heavy atom. The van der Waals surface area contributed by atoms with Crippen molar-refractivity contribution in [2.75, 3.05) is 0 Å². The average molecular weight is 393 g/mol. The molecule has 0 aliphatic rings. The maximum absolute atomic E-state index is 12.3. The molecule has 5 nitrogen and oxygen atoms in total. The number of esters is 1. The minimum Gasteiger partial charge on any atom is -0.422 e. The predicted molar refractivity (Wildman–Crippen MR) is 109 cm³/mol. The van der Waals surface area contributed by atoms with Crippen LogP contribution >= 0.6 is 11.6 Å². The van der Waals surface area contributed by atoms with Crippen LogP contribution in [-0.4, -0.2) is 18.1 Å². The lowest BCUT2D eigenvalue weighted by Gasteiger charge is -2.07.